The number of H-pyrrole nitrogens is 2. The molecule has 9 heteroatoms. The lowest BCUT2D eigenvalue weighted by molar-refractivity contribution is -0.119. The van der Waals surface area contributed by atoms with E-state index < -0.39 is 0 Å². The second-order valence-electron chi connectivity index (χ2n) is 9.66. The largest absolute Gasteiger partial charge is 0.338 e. The average molecular weight is 501 g/mol. The summed E-state index contributed by atoms with van der Waals surface area (Å²) in [5, 5.41) is 12.5. The van der Waals surface area contributed by atoms with E-state index in [9.17, 15) is 4.79 Å². The van der Waals surface area contributed by atoms with Gasteiger partial charge in [-0.3, -0.25) is 19.9 Å². The summed E-state index contributed by atoms with van der Waals surface area (Å²) >= 11 is 0. The number of pyridine rings is 4. The molecule has 1 aliphatic rings. The van der Waals surface area contributed by atoms with E-state index in [1.807, 2.05) is 30.3 Å². The van der Waals surface area contributed by atoms with E-state index in [0.717, 1.165) is 75.7 Å². The van der Waals surface area contributed by atoms with Crippen LogP contribution in [0.5, 0.6) is 0 Å². The van der Waals surface area contributed by atoms with Crippen molar-refractivity contribution in [2.75, 3.05) is 5.32 Å². The summed E-state index contributed by atoms with van der Waals surface area (Å²) < 4.78 is 0. The molecule has 0 spiro atoms. The molecule has 1 saturated carbocycles. The number of anilines is 1. The van der Waals surface area contributed by atoms with Gasteiger partial charge in [0.25, 0.3) is 0 Å². The molecule has 0 radical (unpaired) electrons. The zero-order valence-electron chi connectivity index (χ0n) is 20.5. The Balaban J connectivity index is 1.25. The third-order valence-electron chi connectivity index (χ3n) is 7.26. The number of carbonyl (C=O) groups excluding carboxylic acids is 1. The van der Waals surface area contributed by atoms with Crippen LogP contribution in [0.3, 0.4) is 0 Å². The summed E-state index contributed by atoms with van der Waals surface area (Å²) in [6.45, 7) is 0. The molecule has 7 rings (SSSR count). The molecule has 0 aromatic carbocycles. The number of hydrogen-bond donors (Lipinski definition) is 3. The zero-order chi connectivity index (χ0) is 25.5. The van der Waals surface area contributed by atoms with E-state index in [-0.39, 0.29) is 11.8 Å². The van der Waals surface area contributed by atoms with Crippen LogP contribution in [0, 0.1) is 5.92 Å². The molecular formula is C29H24N8O. The number of carbonyl (C=O) groups is 1. The minimum atomic E-state index is 0.0747. The van der Waals surface area contributed by atoms with Crippen LogP contribution < -0.4 is 5.32 Å². The van der Waals surface area contributed by atoms with Crippen molar-refractivity contribution in [1.29, 1.82) is 0 Å². The fraction of sp³-hybridized carbons (Fsp3) is 0.172. The van der Waals surface area contributed by atoms with Gasteiger partial charge in [0, 0.05) is 58.8 Å². The Morgan fingerprint density at radius 1 is 0.816 bits per heavy atom. The highest BCUT2D eigenvalue weighted by Gasteiger charge is 2.23. The summed E-state index contributed by atoms with van der Waals surface area (Å²) in [6.07, 6.45) is 14.8. The SMILES string of the molecule is O=C(Nc1cncc(-c2cnc3[nH]nc(-c4cc5c(-c6ccncc6)ccnc5[nH]4)c3c2)c1)C1CCCC1. The van der Waals surface area contributed by atoms with E-state index in [1.165, 1.54) is 0 Å². The van der Waals surface area contributed by atoms with Crippen LogP contribution in [0.1, 0.15) is 25.7 Å². The van der Waals surface area contributed by atoms with Crippen molar-refractivity contribution in [2.45, 2.75) is 25.7 Å². The number of hydrogen-bond acceptors (Lipinski definition) is 6. The fourth-order valence-electron chi connectivity index (χ4n) is 5.30. The van der Waals surface area contributed by atoms with Crippen molar-refractivity contribution in [1.82, 2.24) is 35.1 Å². The van der Waals surface area contributed by atoms with Gasteiger partial charge in [-0.15, -0.1) is 0 Å². The minimum Gasteiger partial charge on any atom is -0.338 e. The van der Waals surface area contributed by atoms with Gasteiger partial charge in [0.2, 0.25) is 5.91 Å². The molecule has 1 amide bonds. The van der Waals surface area contributed by atoms with Gasteiger partial charge in [0.1, 0.15) is 11.3 Å². The van der Waals surface area contributed by atoms with Gasteiger partial charge in [-0.2, -0.15) is 5.10 Å². The summed E-state index contributed by atoms with van der Waals surface area (Å²) in [4.78, 5) is 33.7. The van der Waals surface area contributed by atoms with Crippen LogP contribution in [0.15, 0.2) is 73.6 Å². The predicted molar refractivity (Wildman–Crippen MR) is 146 cm³/mol. The van der Waals surface area contributed by atoms with Crippen LogP contribution >= 0.6 is 0 Å². The maximum atomic E-state index is 12.6. The number of aromatic nitrogens is 7. The first-order valence-electron chi connectivity index (χ1n) is 12.7. The Hall–Kier alpha value is -4.92. The Kier molecular flexibility index (Phi) is 5.39. The number of rotatable bonds is 5. The third kappa shape index (κ3) is 3.98. The van der Waals surface area contributed by atoms with Gasteiger partial charge in [-0.25, -0.2) is 9.97 Å². The van der Waals surface area contributed by atoms with Crippen molar-refractivity contribution in [3.8, 4) is 33.6 Å². The topological polar surface area (TPSA) is 125 Å². The molecule has 6 heterocycles. The number of nitrogens with one attached hydrogen (secondary N) is 3. The van der Waals surface area contributed by atoms with Crippen molar-refractivity contribution >= 4 is 33.7 Å². The highest BCUT2D eigenvalue weighted by Crippen LogP contribution is 2.34. The van der Waals surface area contributed by atoms with Crippen molar-refractivity contribution in [2.24, 2.45) is 5.92 Å². The molecule has 0 unspecified atom stereocenters. The quantitative estimate of drug-likeness (QED) is 0.277. The molecular weight excluding hydrogens is 476 g/mol. The highest BCUT2D eigenvalue weighted by molar-refractivity contribution is 6.00. The first kappa shape index (κ1) is 22.3. The molecule has 0 saturated heterocycles. The van der Waals surface area contributed by atoms with Gasteiger partial charge >= 0.3 is 0 Å². The Morgan fingerprint density at radius 2 is 1.66 bits per heavy atom. The molecule has 9 nitrogen and oxygen atoms in total. The Bertz CT molecular complexity index is 1780. The van der Waals surface area contributed by atoms with Crippen LogP contribution in [-0.4, -0.2) is 41.0 Å². The lowest BCUT2D eigenvalue weighted by atomic mass is 10.0. The van der Waals surface area contributed by atoms with Crippen molar-refractivity contribution < 1.29 is 4.79 Å². The molecule has 186 valence electrons. The van der Waals surface area contributed by atoms with E-state index in [1.54, 1.807) is 37.2 Å². The third-order valence-corrected chi connectivity index (χ3v) is 7.26. The maximum absolute atomic E-state index is 12.6. The van der Waals surface area contributed by atoms with Crippen molar-refractivity contribution in [3.05, 3.63) is 73.6 Å². The monoisotopic (exact) mass is 500 g/mol. The first-order chi connectivity index (χ1) is 18.7. The molecule has 6 aromatic heterocycles. The number of amides is 1. The average Bonchev–Trinajstić information content (AvgIpc) is 3.73. The molecule has 1 fully saturated rings. The summed E-state index contributed by atoms with van der Waals surface area (Å²) in [5.41, 5.74) is 7.65. The molecule has 1 aliphatic carbocycles. The van der Waals surface area contributed by atoms with Gasteiger partial charge in [0.15, 0.2) is 5.65 Å². The summed E-state index contributed by atoms with van der Waals surface area (Å²) in [6, 6.07) is 12.0. The van der Waals surface area contributed by atoms with Gasteiger partial charge in [-0.05, 0) is 60.4 Å². The first-order valence-corrected chi connectivity index (χ1v) is 12.7. The van der Waals surface area contributed by atoms with E-state index in [4.69, 9.17) is 0 Å². The van der Waals surface area contributed by atoms with Crippen molar-refractivity contribution in [3.63, 3.8) is 0 Å². The minimum absolute atomic E-state index is 0.0747. The fourth-order valence-corrected chi connectivity index (χ4v) is 5.30. The van der Waals surface area contributed by atoms with Crippen LogP contribution in [-0.2, 0) is 4.79 Å². The molecule has 0 aliphatic heterocycles. The van der Waals surface area contributed by atoms with Gasteiger partial charge in [-0.1, -0.05) is 12.8 Å². The van der Waals surface area contributed by atoms with Crippen LogP contribution in [0.25, 0.3) is 55.7 Å². The smallest absolute Gasteiger partial charge is 0.227 e. The molecule has 6 aromatic rings. The van der Waals surface area contributed by atoms with E-state index >= 15 is 0 Å². The second-order valence-corrected chi connectivity index (χ2v) is 9.66. The number of fused-ring (bicyclic) bond motifs is 2. The molecule has 0 bridgehead atoms. The lowest BCUT2D eigenvalue weighted by Gasteiger charge is -2.11. The van der Waals surface area contributed by atoms with Gasteiger partial charge in [0.05, 0.1) is 17.6 Å². The predicted octanol–water partition coefficient (Wildman–Crippen LogP) is 5.75. The normalized spacial score (nSPS) is 13.9. The highest BCUT2D eigenvalue weighted by atomic mass is 16.1. The molecule has 0 atom stereocenters. The van der Waals surface area contributed by atoms with E-state index in [2.05, 4.69) is 46.5 Å². The number of nitrogens with zero attached hydrogens (tertiary/aromatic N) is 5. The van der Waals surface area contributed by atoms with Crippen LogP contribution in [0.4, 0.5) is 5.69 Å². The maximum Gasteiger partial charge on any atom is 0.227 e. The molecule has 3 N–H and O–H groups in total. The zero-order valence-corrected chi connectivity index (χ0v) is 20.5. The van der Waals surface area contributed by atoms with Gasteiger partial charge < -0.3 is 10.3 Å². The van der Waals surface area contributed by atoms with Crippen LogP contribution in [0.2, 0.25) is 0 Å². The number of aromatic amines is 2. The van der Waals surface area contributed by atoms with E-state index in [0.29, 0.717) is 11.3 Å². The Morgan fingerprint density at radius 3 is 2.53 bits per heavy atom. The lowest BCUT2D eigenvalue weighted by Crippen LogP contribution is -2.20. The molecule has 38 heavy (non-hydrogen) atoms. The summed E-state index contributed by atoms with van der Waals surface area (Å²) in [7, 11) is 0. The Labute approximate surface area is 217 Å². The second kappa shape index (κ2) is 9.19. The summed E-state index contributed by atoms with van der Waals surface area (Å²) in [5.74, 6) is 0.167. The standard InChI is InChI=1S/C29H24N8O/c38-29(18-3-1-2-4-18)34-21-11-19(14-31-16-21)20-12-24-26(36-37-28(24)33-15-20)25-13-23-22(7-10-32-27(23)35-25)17-5-8-30-9-6-17/h5-16,18H,1-4H2,(H,32,35)(H,34,38)(H,33,36,37).